The number of carbonyl (C=O) groups excluding carboxylic acids is 2. The highest BCUT2D eigenvalue weighted by molar-refractivity contribution is 5.73. The van der Waals surface area contributed by atoms with Crippen LogP contribution in [-0.4, -0.2) is 36.4 Å². The second-order valence-corrected chi connectivity index (χ2v) is 6.18. The van der Waals surface area contributed by atoms with E-state index in [1.165, 1.54) is 0 Å². The van der Waals surface area contributed by atoms with Crippen molar-refractivity contribution in [3.05, 3.63) is 0 Å². The quantitative estimate of drug-likeness (QED) is 0.768. The van der Waals surface area contributed by atoms with Crippen LogP contribution in [0.5, 0.6) is 0 Å². The molecule has 0 unspecified atom stereocenters. The zero-order valence-corrected chi connectivity index (χ0v) is 12.8. The molecule has 116 valence electrons. The Balaban J connectivity index is 2.45. The number of nitrogens with one attached hydrogen (secondary N) is 1. The largest absolute Gasteiger partial charge is 0.466 e. The molecule has 1 amide bonds. The van der Waals surface area contributed by atoms with E-state index in [2.05, 4.69) is 5.32 Å². The van der Waals surface area contributed by atoms with Crippen molar-refractivity contribution in [3.8, 4) is 0 Å². The van der Waals surface area contributed by atoms with E-state index in [0.717, 1.165) is 0 Å². The topological polar surface area (TPSA) is 90.6 Å². The molecule has 1 aliphatic carbocycles. The maximum absolute atomic E-state index is 11.7. The van der Waals surface area contributed by atoms with Gasteiger partial charge in [-0.1, -0.05) is 0 Å². The molecule has 20 heavy (non-hydrogen) atoms. The highest BCUT2D eigenvalue weighted by Gasteiger charge is 2.34. The standard InChI is InChI=1S/C14H26N2O4/c1-5-19-12(17)9-6-7-11(10(15)8-9)16-13(18)20-14(2,3)4/h9-11H,5-8,15H2,1-4H3,(H,16,18)/t9-,10+,11+/m0/s1. The Morgan fingerprint density at radius 3 is 2.45 bits per heavy atom. The Morgan fingerprint density at radius 1 is 1.30 bits per heavy atom. The molecule has 0 aromatic heterocycles. The van der Waals surface area contributed by atoms with Crippen LogP contribution in [0.3, 0.4) is 0 Å². The Bertz CT molecular complexity index is 352. The molecule has 3 atom stereocenters. The molecule has 6 nitrogen and oxygen atoms in total. The molecule has 0 aromatic rings. The Labute approximate surface area is 120 Å². The summed E-state index contributed by atoms with van der Waals surface area (Å²) in [5.41, 5.74) is 5.51. The molecule has 0 heterocycles. The second kappa shape index (κ2) is 6.92. The average Bonchev–Trinajstić information content (AvgIpc) is 2.29. The molecular formula is C14H26N2O4. The van der Waals surface area contributed by atoms with Crippen LogP contribution in [0.2, 0.25) is 0 Å². The van der Waals surface area contributed by atoms with Crippen LogP contribution < -0.4 is 11.1 Å². The van der Waals surface area contributed by atoms with Crippen molar-refractivity contribution in [3.63, 3.8) is 0 Å². The molecule has 0 bridgehead atoms. The van der Waals surface area contributed by atoms with Crippen molar-refractivity contribution >= 4 is 12.1 Å². The van der Waals surface area contributed by atoms with E-state index in [9.17, 15) is 9.59 Å². The third kappa shape index (κ3) is 5.36. The fraction of sp³-hybridized carbons (Fsp3) is 0.857. The molecule has 6 heteroatoms. The Morgan fingerprint density at radius 2 is 1.95 bits per heavy atom. The molecule has 1 rings (SSSR count). The smallest absolute Gasteiger partial charge is 0.407 e. The first-order valence-corrected chi connectivity index (χ1v) is 7.14. The van der Waals surface area contributed by atoms with Crippen LogP contribution in [0.4, 0.5) is 4.79 Å². The molecule has 3 N–H and O–H groups in total. The van der Waals surface area contributed by atoms with Crippen molar-refractivity contribution in [2.75, 3.05) is 6.61 Å². The number of alkyl carbamates (subject to hydrolysis) is 1. The fourth-order valence-corrected chi connectivity index (χ4v) is 2.32. The van der Waals surface area contributed by atoms with E-state index in [4.69, 9.17) is 15.2 Å². The summed E-state index contributed by atoms with van der Waals surface area (Å²) >= 11 is 0. The third-order valence-corrected chi connectivity index (χ3v) is 3.22. The summed E-state index contributed by atoms with van der Waals surface area (Å²) in [7, 11) is 0. The van der Waals surface area contributed by atoms with E-state index < -0.39 is 11.7 Å². The summed E-state index contributed by atoms with van der Waals surface area (Å²) in [6, 6.07) is -0.416. The minimum Gasteiger partial charge on any atom is -0.466 e. The lowest BCUT2D eigenvalue weighted by Crippen LogP contribution is -2.52. The van der Waals surface area contributed by atoms with Gasteiger partial charge in [0.25, 0.3) is 0 Å². The SMILES string of the molecule is CCOC(=O)[C@H]1CC[C@@H](NC(=O)OC(C)(C)C)[C@H](N)C1. The van der Waals surface area contributed by atoms with Gasteiger partial charge in [-0.2, -0.15) is 0 Å². The van der Waals surface area contributed by atoms with E-state index in [0.29, 0.717) is 25.9 Å². The summed E-state index contributed by atoms with van der Waals surface area (Å²) in [5, 5.41) is 2.78. The van der Waals surface area contributed by atoms with Crippen LogP contribution in [-0.2, 0) is 14.3 Å². The Kier molecular flexibility index (Phi) is 5.80. The first-order valence-electron chi connectivity index (χ1n) is 7.14. The molecule has 1 fully saturated rings. The molecular weight excluding hydrogens is 260 g/mol. The number of nitrogens with two attached hydrogens (primary N) is 1. The lowest BCUT2D eigenvalue weighted by atomic mass is 9.83. The van der Waals surface area contributed by atoms with E-state index in [1.54, 1.807) is 6.92 Å². The zero-order valence-electron chi connectivity index (χ0n) is 12.8. The van der Waals surface area contributed by atoms with Crippen molar-refractivity contribution in [1.82, 2.24) is 5.32 Å². The Hall–Kier alpha value is -1.30. The summed E-state index contributed by atoms with van der Waals surface area (Å²) in [6.45, 7) is 7.59. The van der Waals surface area contributed by atoms with Gasteiger partial charge in [0.05, 0.1) is 12.5 Å². The van der Waals surface area contributed by atoms with Gasteiger partial charge in [-0.3, -0.25) is 4.79 Å². The maximum Gasteiger partial charge on any atom is 0.407 e. The predicted octanol–water partition coefficient (Wildman–Crippen LogP) is 1.57. The van der Waals surface area contributed by atoms with Gasteiger partial charge in [-0.05, 0) is 47.0 Å². The predicted molar refractivity (Wildman–Crippen MR) is 75.1 cm³/mol. The summed E-state index contributed by atoms with van der Waals surface area (Å²) in [6.07, 6.45) is 1.39. The van der Waals surface area contributed by atoms with Gasteiger partial charge in [0, 0.05) is 12.1 Å². The number of amides is 1. The number of hydrogen-bond acceptors (Lipinski definition) is 5. The van der Waals surface area contributed by atoms with Gasteiger partial charge in [-0.25, -0.2) is 4.79 Å². The number of rotatable bonds is 3. The van der Waals surface area contributed by atoms with Gasteiger partial charge in [0.2, 0.25) is 0 Å². The van der Waals surface area contributed by atoms with Crippen LogP contribution in [0.15, 0.2) is 0 Å². The fourth-order valence-electron chi connectivity index (χ4n) is 2.32. The van der Waals surface area contributed by atoms with Crippen molar-refractivity contribution in [2.45, 2.75) is 64.6 Å². The van der Waals surface area contributed by atoms with Crippen LogP contribution >= 0.6 is 0 Å². The zero-order chi connectivity index (χ0) is 15.3. The van der Waals surface area contributed by atoms with E-state index in [1.807, 2.05) is 20.8 Å². The van der Waals surface area contributed by atoms with Gasteiger partial charge >= 0.3 is 12.1 Å². The normalized spacial score (nSPS) is 26.8. The van der Waals surface area contributed by atoms with Gasteiger partial charge in [0.15, 0.2) is 0 Å². The van der Waals surface area contributed by atoms with Crippen LogP contribution in [0, 0.1) is 5.92 Å². The monoisotopic (exact) mass is 286 g/mol. The summed E-state index contributed by atoms with van der Waals surface area (Å²) in [4.78, 5) is 23.4. The minimum atomic E-state index is -0.531. The van der Waals surface area contributed by atoms with Crippen LogP contribution in [0.1, 0.15) is 47.0 Å². The highest BCUT2D eigenvalue weighted by Crippen LogP contribution is 2.25. The van der Waals surface area contributed by atoms with Crippen molar-refractivity contribution in [2.24, 2.45) is 11.7 Å². The van der Waals surface area contributed by atoms with Gasteiger partial charge in [-0.15, -0.1) is 0 Å². The summed E-state index contributed by atoms with van der Waals surface area (Å²) in [5.74, 6) is -0.361. The van der Waals surface area contributed by atoms with Crippen LogP contribution in [0.25, 0.3) is 0 Å². The number of hydrogen-bond donors (Lipinski definition) is 2. The van der Waals surface area contributed by atoms with Gasteiger partial charge in [0.1, 0.15) is 5.60 Å². The molecule has 1 aliphatic rings. The lowest BCUT2D eigenvalue weighted by Gasteiger charge is -2.33. The second-order valence-electron chi connectivity index (χ2n) is 6.18. The minimum absolute atomic E-state index is 0.157. The number of ether oxygens (including phenoxy) is 2. The van der Waals surface area contributed by atoms with E-state index >= 15 is 0 Å². The average molecular weight is 286 g/mol. The van der Waals surface area contributed by atoms with Crippen molar-refractivity contribution < 1.29 is 19.1 Å². The summed E-state index contributed by atoms with van der Waals surface area (Å²) < 4.78 is 10.2. The van der Waals surface area contributed by atoms with E-state index in [-0.39, 0.29) is 24.0 Å². The molecule has 0 radical (unpaired) electrons. The molecule has 0 saturated heterocycles. The number of esters is 1. The first-order chi connectivity index (χ1) is 9.23. The third-order valence-electron chi connectivity index (χ3n) is 3.22. The molecule has 0 aliphatic heterocycles. The molecule has 0 aromatic carbocycles. The maximum atomic E-state index is 11.7. The molecule has 1 saturated carbocycles. The number of carbonyl (C=O) groups is 2. The van der Waals surface area contributed by atoms with Crippen molar-refractivity contribution in [1.29, 1.82) is 0 Å². The molecule has 0 spiro atoms. The lowest BCUT2D eigenvalue weighted by molar-refractivity contribution is -0.149. The van der Waals surface area contributed by atoms with Gasteiger partial charge < -0.3 is 20.5 Å². The first kappa shape index (κ1) is 16.8. The highest BCUT2D eigenvalue weighted by atomic mass is 16.6.